The van der Waals surface area contributed by atoms with E-state index < -0.39 is 5.97 Å². The second kappa shape index (κ2) is 5.36. The number of benzene rings is 2. The smallest absolute Gasteiger partial charge is 0.119 e. The minimum atomic E-state index is -1.07. The lowest BCUT2D eigenvalue weighted by atomic mass is 10.0. The summed E-state index contributed by atoms with van der Waals surface area (Å²) in [6, 6.07) is 15.1. The van der Waals surface area contributed by atoms with Crippen LogP contribution in [-0.4, -0.2) is 13.1 Å². The SMILES string of the molecule is COc1cccc(-c2cccc(CC(=O)[O-])c2)c1. The largest absolute Gasteiger partial charge is 0.550 e. The number of methoxy groups -OCH3 is 1. The summed E-state index contributed by atoms with van der Waals surface area (Å²) in [5, 5.41) is 10.6. The molecule has 2 aromatic carbocycles. The second-order valence-corrected chi connectivity index (χ2v) is 3.98. The molecule has 0 saturated heterocycles. The van der Waals surface area contributed by atoms with Gasteiger partial charge in [-0.2, -0.15) is 0 Å². The highest BCUT2D eigenvalue weighted by molar-refractivity contribution is 5.71. The van der Waals surface area contributed by atoms with Crippen LogP contribution in [0.15, 0.2) is 48.5 Å². The van der Waals surface area contributed by atoms with Gasteiger partial charge in [-0.05, 0) is 28.8 Å². The highest BCUT2D eigenvalue weighted by atomic mass is 16.5. The Labute approximate surface area is 106 Å². The fourth-order valence-electron chi connectivity index (χ4n) is 1.83. The maximum Gasteiger partial charge on any atom is 0.119 e. The Morgan fingerprint density at radius 2 is 1.78 bits per heavy atom. The average Bonchev–Trinajstić information content (AvgIpc) is 2.38. The number of carbonyl (C=O) groups is 1. The Balaban J connectivity index is 2.34. The van der Waals surface area contributed by atoms with Crippen molar-refractivity contribution in [2.24, 2.45) is 0 Å². The highest BCUT2D eigenvalue weighted by Gasteiger charge is 2.01. The number of rotatable bonds is 4. The topological polar surface area (TPSA) is 49.4 Å². The summed E-state index contributed by atoms with van der Waals surface area (Å²) in [6.45, 7) is 0. The van der Waals surface area contributed by atoms with E-state index >= 15 is 0 Å². The van der Waals surface area contributed by atoms with Gasteiger partial charge in [-0.15, -0.1) is 0 Å². The summed E-state index contributed by atoms with van der Waals surface area (Å²) >= 11 is 0. The third-order valence-electron chi connectivity index (χ3n) is 2.68. The molecular formula is C15H13O3-. The molecule has 0 saturated carbocycles. The molecule has 0 spiro atoms. The summed E-state index contributed by atoms with van der Waals surface area (Å²) in [4.78, 5) is 10.6. The molecule has 0 atom stereocenters. The van der Waals surface area contributed by atoms with Crippen LogP contribution in [0.3, 0.4) is 0 Å². The van der Waals surface area contributed by atoms with E-state index in [9.17, 15) is 9.90 Å². The van der Waals surface area contributed by atoms with Crippen molar-refractivity contribution in [3.63, 3.8) is 0 Å². The molecule has 0 amide bonds. The fourth-order valence-corrected chi connectivity index (χ4v) is 1.83. The fraction of sp³-hybridized carbons (Fsp3) is 0.133. The number of carbonyl (C=O) groups excluding carboxylic acids is 1. The van der Waals surface area contributed by atoms with Crippen molar-refractivity contribution < 1.29 is 14.6 Å². The Morgan fingerprint density at radius 3 is 2.44 bits per heavy atom. The maximum atomic E-state index is 10.6. The number of carboxylic acid groups (broad SMARTS) is 1. The van der Waals surface area contributed by atoms with Crippen LogP contribution in [0.2, 0.25) is 0 Å². The maximum absolute atomic E-state index is 10.6. The van der Waals surface area contributed by atoms with E-state index in [1.807, 2.05) is 42.5 Å². The van der Waals surface area contributed by atoms with Crippen LogP contribution in [0.25, 0.3) is 11.1 Å². The van der Waals surface area contributed by atoms with E-state index in [1.54, 1.807) is 13.2 Å². The third-order valence-corrected chi connectivity index (χ3v) is 2.68. The minimum Gasteiger partial charge on any atom is -0.550 e. The van der Waals surface area contributed by atoms with Gasteiger partial charge in [0.15, 0.2) is 0 Å². The van der Waals surface area contributed by atoms with Gasteiger partial charge in [-0.25, -0.2) is 0 Å². The van der Waals surface area contributed by atoms with E-state index in [0.29, 0.717) is 0 Å². The molecule has 0 aliphatic carbocycles. The van der Waals surface area contributed by atoms with Crippen LogP contribution in [0.1, 0.15) is 5.56 Å². The first-order valence-corrected chi connectivity index (χ1v) is 5.62. The van der Waals surface area contributed by atoms with Gasteiger partial charge in [-0.3, -0.25) is 0 Å². The van der Waals surface area contributed by atoms with Crippen molar-refractivity contribution in [1.29, 1.82) is 0 Å². The Morgan fingerprint density at radius 1 is 1.11 bits per heavy atom. The molecule has 0 bridgehead atoms. The van der Waals surface area contributed by atoms with Crippen LogP contribution in [0, 0.1) is 0 Å². The number of ether oxygens (including phenoxy) is 1. The molecule has 3 heteroatoms. The normalized spacial score (nSPS) is 10.1. The molecule has 2 rings (SSSR count). The van der Waals surface area contributed by atoms with E-state index in [-0.39, 0.29) is 6.42 Å². The summed E-state index contributed by atoms with van der Waals surface area (Å²) in [5.74, 6) is -0.296. The van der Waals surface area contributed by atoms with Crippen LogP contribution in [0.4, 0.5) is 0 Å². The van der Waals surface area contributed by atoms with Crippen LogP contribution >= 0.6 is 0 Å². The molecule has 0 radical (unpaired) electrons. The zero-order valence-corrected chi connectivity index (χ0v) is 10.1. The molecule has 92 valence electrons. The van der Waals surface area contributed by atoms with Crippen LogP contribution in [0.5, 0.6) is 5.75 Å². The molecule has 0 aromatic heterocycles. The minimum absolute atomic E-state index is 0.0716. The number of hydrogen-bond donors (Lipinski definition) is 0. The average molecular weight is 241 g/mol. The molecule has 0 heterocycles. The lowest BCUT2D eigenvalue weighted by Gasteiger charge is -2.07. The zero-order valence-electron chi connectivity index (χ0n) is 10.1. The van der Waals surface area contributed by atoms with Gasteiger partial charge in [-0.1, -0.05) is 36.4 Å². The summed E-state index contributed by atoms with van der Waals surface area (Å²) in [6.07, 6.45) is -0.0716. The third kappa shape index (κ3) is 2.88. The van der Waals surface area contributed by atoms with Crippen molar-refractivity contribution in [1.82, 2.24) is 0 Å². The second-order valence-electron chi connectivity index (χ2n) is 3.98. The number of carboxylic acids is 1. The van der Waals surface area contributed by atoms with Gasteiger partial charge in [0.1, 0.15) is 5.75 Å². The predicted molar refractivity (Wildman–Crippen MR) is 67.1 cm³/mol. The van der Waals surface area contributed by atoms with Gasteiger partial charge in [0.05, 0.1) is 7.11 Å². The molecule has 0 aliphatic rings. The molecule has 0 aliphatic heterocycles. The van der Waals surface area contributed by atoms with Crippen molar-refractivity contribution in [3.8, 4) is 16.9 Å². The zero-order chi connectivity index (χ0) is 13.0. The molecule has 0 unspecified atom stereocenters. The molecule has 18 heavy (non-hydrogen) atoms. The van der Waals surface area contributed by atoms with Gasteiger partial charge in [0, 0.05) is 12.4 Å². The monoisotopic (exact) mass is 241 g/mol. The molecule has 0 fully saturated rings. The first kappa shape index (κ1) is 12.2. The molecule has 3 nitrogen and oxygen atoms in total. The van der Waals surface area contributed by atoms with Crippen molar-refractivity contribution in [3.05, 3.63) is 54.1 Å². The van der Waals surface area contributed by atoms with Gasteiger partial charge < -0.3 is 14.6 Å². The van der Waals surface area contributed by atoms with Crippen molar-refractivity contribution >= 4 is 5.97 Å². The summed E-state index contributed by atoms with van der Waals surface area (Å²) in [7, 11) is 1.62. The van der Waals surface area contributed by atoms with E-state index in [2.05, 4.69) is 0 Å². The number of hydrogen-bond acceptors (Lipinski definition) is 3. The predicted octanol–water partition coefficient (Wildman–Crippen LogP) is 1.65. The van der Waals surface area contributed by atoms with Crippen molar-refractivity contribution in [2.45, 2.75) is 6.42 Å². The van der Waals surface area contributed by atoms with Crippen LogP contribution in [-0.2, 0) is 11.2 Å². The molecular weight excluding hydrogens is 228 g/mol. The van der Waals surface area contributed by atoms with Gasteiger partial charge >= 0.3 is 0 Å². The Bertz CT molecular complexity index is 561. The van der Waals surface area contributed by atoms with Gasteiger partial charge in [0.25, 0.3) is 0 Å². The van der Waals surface area contributed by atoms with E-state index in [0.717, 1.165) is 22.4 Å². The van der Waals surface area contributed by atoms with Crippen molar-refractivity contribution in [2.75, 3.05) is 7.11 Å². The summed E-state index contributed by atoms with van der Waals surface area (Å²) in [5.41, 5.74) is 2.69. The quantitative estimate of drug-likeness (QED) is 0.817. The van der Waals surface area contributed by atoms with E-state index in [4.69, 9.17) is 4.74 Å². The number of aliphatic carboxylic acids is 1. The Hall–Kier alpha value is -2.29. The lowest BCUT2D eigenvalue weighted by Crippen LogP contribution is -2.24. The van der Waals surface area contributed by atoms with E-state index in [1.165, 1.54) is 0 Å². The Kier molecular flexibility index (Phi) is 3.63. The first-order chi connectivity index (χ1) is 8.69. The molecule has 2 aromatic rings. The molecule has 0 N–H and O–H groups in total. The lowest BCUT2D eigenvalue weighted by molar-refractivity contribution is -0.304. The van der Waals surface area contributed by atoms with Gasteiger partial charge in [0.2, 0.25) is 0 Å². The highest BCUT2D eigenvalue weighted by Crippen LogP contribution is 2.24. The van der Waals surface area contributed by atoms with Crippen LogP contribution < -0.4 is 9.84 Å². The summed E-state index contributed by atoms with van der Waals surface area (Å²) < 4.78 is 5.17. The first-order valence-electron chi connectivity index (χ1n) is 5.62. The standard InChI is InChI=1S/C15H14O3/c1-18-14-7-3-6-13(10-14)12-5-2-4-11(8-12)9-15(16)17/h2-8,10H,9H2,1H3,(H,16,17)/p-1.